The molecule has 3 heterocycles. The summed E-state index contributed by atoms with van der Waals surface area (Å²) in [5, 5.41) is 18.8. The maximum Gasteiger partial charge on any atom is 0.336 e. The number of carbonyl (C=O) groups excluding carboxylic acids is 2. The molecular weight excluding hydrogens is 540 g/mol. The number of hydrogen-bond donors (Lipinski definition) is 1. The molecule has 1 spiro atoms. The van der Waals surface area contributed by atoms with Gasteiger partial charge in [-0.05, 0) is 107 Å². The Hall–Kier alpha value is -2.87. The number of pyridine rings is 1. The standard InChI is InChI=1S/C35H52N4O4/c1-7-30(8-2)38-37-26(6)23(3)31-12-10-27(21-36-31)9-11-28(15-20-40)24(4)29-13-16-35(17-14-29)18-19-39(34(35)42)32-22-43-33(41)25(32)5/h10,12,21,23-24,28-29,40H,7-9,11,13-20,22H2,1-6H3/b37-26-. The van der Waals surface area contributed by atoms with Crippen molar-refractivity contribution < 1.29 is 19.4 Å². The van der Waals surface area contributed by atoms with Gasteiger partial charge < -0.3 is 14.7 Å². The largest absolute Gasteiger partial charge is 0.456 e. The lowest BCUT2D eigenvalue weighted by Crippen LogP contribution is -2.39. The number of aryl methyl sites for hydroxylation is 1. The Kier molecular flexibility index (Phi) is 11.3. The molecule has 0 bridgehead atoms. The molecular formula is C35H52N4O4. The summed E-state index contributed by atoms with van der Waals surface area (Å²) >= 11 is 0. The third kappa shape index (κ3) is 7.44. The molecule has 2 aliphatic heterocycles. The van der Waals surface area contributed by atoms with Crippen molar-refractivity contribution in [1.82, 2.24) is 9.88 Å². The van der Waals surface area contributed by atoms with Crippen LogP contribution in [-0.4, -0.2) is 58.0 Å². The molecule has 8 nitrogen and oxygen atoms in total. The van der Waals surface area contributed by atoms with E-state index in [1.807, 2.05) is 18.0 Å². The number of likely N-dealkylation sites (tertiary alicyclic amines) is 1. The number of rotatable bonds is 13. The van der Waals surface area contributed by atoms with E-state index in [9.17, 15) is 14.7 Å². The fraction of sp³-hybridized carbons (Fsp3) is 0.686. The first kappa shape index (κ1) is 33.0. The highest BCUT2D eigenvalue weighted by Gasteiger charge is 2.50. The number of carbonyl (C=O) groups is 2. The van der Waals surface area contributed by atoms with Crippen molar-refractivity contribution in [2.24, 2.45) is 33.4 Å². The summed E-state index contributed by atoms with van der Waals surface area (Å²) in [5.41, 5.74) is 5.33. The van der Waals surface area contributed by atoms with Crippen LogP contribution in [0.1, 0.15) is 117 Å². The van der Waals surface area contributed by atoms with Crippen LogP contribution in [0.5, 0.6) is 0 Å². The average Bonchev–Trinajstić information content (AvgIpc) is 3.52. The van der Waals surface area contributed by atoms with Crippen LogP contribution in [0.2, 0.25) is 0 Å². The summed E-state index contributed by atoms with van der Waals surface area (Å²) in [6, 6.07) is 4.29. The van der Waals surface area contributed by atoms with Gasteiger partial charge >= 0.3 is 5.97 Å². The zero-order valence-corrected chi connectivity index (χ0v) is 27.2. The van der Waals surface area contributed by atoms with Gasteiger partial charge in [-0.25, -0.2) is 4.79 Å². The van der Waals surface area contributed by atoms with Crippen LogP contribution < -0.4 is 0 Å². The van der Waals surface area contributed by atoms with E-state index in [1.54, 1.807) is 6.92 Å². The zero-order chi connectivity index (χ0) is 31.1. The zero-order valence-electron chi connectivity index (χ0n) is 27.2. The number of cyclic esters (lactones) is 1. The van der Waals surface area contributed by atoms with Crippen LogP contribution in [0.3, 0.4) is 0 Å². The molecule has 3 unspecified atom stereocenters. The lowest BCUT2D eigenvalue weighted by Gasteiger charge is -2.40. The van der Waals surface area contributed by atoms with E-state index in [1.165, 1.54) is 5.56 Å². The van der Waals surface area contributed by atoms with Gasteiger partial charge in [0.05, 0.1) is 16.7 Å². The number of nitrogens with zero attached hydrogens (tertiary/aromatic N) is 4. The van der Waals surface area contributed by atoms with Crippen molar-refractivity contribution in [3.8, 4) is 0 Å². The quantitative estimate of drug-likeness (QED) is 0.157. The predicted molar refractivity (Wildman–Crippen MR) is 171 cm³/mol. The predicted octanol–water partition coefficient (Wildman–Crippen LogP) is 6.63. The van der Waals surface area contributed by atoms with Crippen molar-refractivity contribution in [3.05, 3.63) is 40.9 Å². The molecule has 1 aromatic heterocycles. The van der Waals surface area contributed by atoms with E-state index in [2.05, 4.69) is 50.0 Å². The highest BCUT2D eigenvalue weighted by Crippen LogP contribution is 2.50. The molecule has 1 aliphatic carbocycles. The van der Waals surface area contributed by atoms with E-state index < -0.39 is 0 Å². The Morgan fingerprint density at radius 3 is 2.42 bits per heavy atom. The number of esters is 1. The van der Waals surface area contributed by atoms with Gasteiger partial charge in [-0.15, -0.1) is 0 Å². The summed E-state index contributed by atoms with van der Waals surface area (Å²) in [6.45, 7) is 13.6. The minimum absolute atomic E-state index is 0.109. The van der Waals surface area contributed by atoms with Gasteiger partial charge in [0, 0.05) is 42.4 Å². The van der Waals surface area contributed by atoms with Crippen molar-refractivity contribution >= 4 is 23.3 Å². The van der Waals surface area contributed by atoms with Gasteiger partial charge in [0.25, 0.3) is 0 Å². The number of aromatic nitrogens is 1. The molecule has 3 aliphatic rings. The molecule has 8 heteroatoms. The first-order valence-corrected chi connectivity index (χ1v) is 16.5. The lowest BCUT2D eigenvalue weighted by atomic mass is 9.64. The summed E-state index contributed by atoms with van der Waals surface area (Å²) in [4.78, 5) is 32.0. The van der Waals surface area contributed by atoms with E-state index in [-0.39, 0.29) is 36.4 Å². The van der Waals surface area contributed by atoms with Gasteiger partial charge in [-0.3, -0.25) is 9.78 Å². The Bertz CT molecular complexity index is 1220. The van der Waals surface area contributed by atoms with E-state index in [0.717, 1.165) is 87.0 Å². The minimum Gasteiger partial charge on any atom is -0.456 e. The van der Waals surface area contributed by atoms with Crippen molar-refractivity contribution in [2.45, 2.75) is 112 Å². The number of ether oxygens (including phenoxy) is 1. The first-order valence-electron chi connectivity index (χ1n) is 16.5. The fourth-order valence-corrected chi connectivity index (χ4v) is 7.26. The average molecular weight is 593 g/mol. The maximum absolute atomic E-state index is 13.6. The van der Waals surface area contributed by atoms with E-state index in [0.29, 0.717) is 29.9 Å². The molecule has 236 valence electrons. The number of aliphatic hydroxyl groups excluding tert-OH is 1. The molecule has 1 aromatic rings. The van der Waals surface area contributed by atoms with Crippen molar-refractivity contribution in [3.63, 3.8) is 0 Å². The smallest absolute Gasteiger partial charge is 0.336 e. The third-order valence-corrected chi connectivity index (χ3v) is 10.8. The van der Waals surface area contributed by atoms with Crippen molar-refractivity contribution in [2.75, 3.05) is 19.8 Å². The molecule has 2 fully saturated rings. The van der Waals surface area contributed by atoms with Crippen LogP contribution >= 0.6 is 0 Å². The second-order valence-electron chi connectivity index (χ2n) is 13.1. The third-order valence-electron chi connectivity index (χ3n) is 10.8. The number of amides is 1. The highest BCUT2D eigenvalue weighted by molar-refractivity contribution is 5.94. The van der Waals surface area contributed by atoms with Crippen LogP contribution in [0.4, 0.5) is 0 Å². The van der Waals surface area contributed by atoms with Gasteiger partial charge in [0.15, 0.2) is 0 Å². The molecule has 43 heavy (non-hydrogen) atoms. The Morgan fingerprint density at radius 2 is 1.84 bits per heavy atom. The molecule has 1 amide bonds. The number of hydrogen-bond acceptors (Lipinski definition) is 7. The SMILES string of the molecule is CCC(CC)=N/N=C(/C)C(C)c1ccc(CCC(CCO)C(C)C2CCC3(CC2)CCN(C2=C(C)C(=O)OC2)C3=O)cn1. The Morgan fingerprint density at radius 1 is 1.12 bits per heavy atom. The molecule has 3 atom stereocenters. The molecule has 0 aromatic carbocycles. The van der Waals surface area contributed by atoms with E-state index >= 15 is 0 Å². The molecule has 1 saturated carbocycles. The summed E-state index contributed by atoms with van der Waals surface area (Å²) in [7, 11) is 0. The molecule has 0 radical (unpaired) electrons. The highest BCUT2D eigenvalue weighted by atomic mass is 16.5. The van der Waals surface area contributed by atoms with Crippen LogP contribution in [-0.2, 0) is 20.7 Å². The maximum atomic E-state index is 13.6. The summed E-state index contributed by atoms with van der Waals surface area (Å²) < 4.78 is 5.18. The normalized spacial score (nSPS) is 24.9. The molecule has 1 saturated heterocycles. The van der Waals surface area contributed by atoms with Gasteiger partial charge in [-0.1, -0.05) is 33.8 Å². The summed E-state index contributed by atoms with van der Waals surface area (Å²) in [5.74, 6) is 1.44. The monoisotopic (exact) mass is 592 g/mol. The topological polar surface area (TPSA) is 104 Å². The summed E-state index contributed by atoms with van der Waals surface area (Å²) in [6.07, 6.45) is 11.3. The van der Waals surface area contributed by atoms with Crippen molar-refractivity contribution in [1.29, 1.82) is 0 Å². The Balaban J connectivity index is 1.31. The molecule has 1 N–H and O–H groups in total. The van der Waals surface area contributed by atoms with Gasteiger partial charge in [-0.2, -0.15) is 10.2 Å². The van der Waals surface area contributed by atoms with E-state index in [4.69, 9.17) is 9.72 Å². The second kappa shape index (κ2) is 14.7. The fourth-order valence-electron chi connectivity index (χ4n) is 7.26. The lowest BCUT2D eigenvalue weighted by molar-refractivity contribution is -0.138. The van der Waals surface area contributed by atoms with Crippen LogP contribution in [0.15, 0.2) is 39.8 Å². The number of aliphatic hydroxyl groups is 1. The Labute approximate surface area is 258 Å². The molecule has 4 rings (SSSR count). The minimum atomic E-state index is -0.305. The van der Waals surface area contributed by atoms with Crippen LogP contribution in [0.25, 0.3) is 0 Å². The first-order chi connectivity index (χ1) is 20.6. The van der Waals surface area contributed by atoms with Crippen LogP contribution in [0, 0.1) is 23.2 Å². The second-order valence-corrected chi connectivity index (χ2v) is 13.1. The van der Waals surface area contributed by atoms with Gasteiger partial charge in [0.2, 0.25) is 5.91 Å². The van der Waals surface area contributed by atoms with Gasteiger partial charge in [0.1, 0.15) is 6.61 Å².